The first kappa shape index (κ1) is 15.9. The molecule has 1 fully saturated rings. The second-order valence-corrected chi connectivity index (χ2v) is 4.31. The van der Waals surface area contributed by atoms with Gasteiger partial charge in [0.25, 0.3) is 0 Å². The van der Waals surface area contributed by atoms with Crippen LogP contribution in [0.15, 0.2) is 0 Å². The number of carbonyl (C=O) groups is 2. The third-order valence-electron chi connectivity index (χ3n) is 2.93. The van der Waals surface area contributed by atoms with Gasteiger partial charge < -0.3 is 24.8 Å². The van der Waals surface area contributed by atoms with Gasteiger partial charge in [-0.15, -0.1) is 0 Å². The number of hydrogen-bond donors (Lipinski definition) is 1. The van der Waals surface area contributed by atoms with Crippen LogP contribution in [0.3, 0.4) is 0 Å². The Kier molecular flexibility index (Phi) is 7.39. The number of nitrogens with zero attached hydrogens (tertiary/aromatic N) is 1. The summed E-state index contributed by atoms with van der Waals surface area (Å²) in [7, 11) is 1.60. The molecule has 110 valence electrons. The Labute approximate surface area is 113 Å². The van der Waals surface area contributed by atoms with E-state index in [0.717, 1.165) is 6.42 Å². The van der Waals surface area contributed by atoms with E-state index in [1.165, 1.54) is 4.90 Å². The van der Waals surface area contributed by atoms with Crippen LogP contribution in [0, 0.1) is 0 Å². The topological polar surface area (TPSA) is 91.1 Å². The minimum absolute atomic E-state index is 0.0442. The normalized spacial score (nSPS) is 18.8. The van der Waals surface area contributed by atoms with Gasteiger partial charge in [0, 0.05) is 13.7 Å². The van der Waals surface area contributed by atoms with E-state index >= 15 is 0 Å². The summed E-state index contributed by atoms with van der Waals surface area (Å²) < 4.78 is 15.2. The lowest BCUT2D eigenvalue weighted by molar-refractivity contribution is -0.141. The van der Waals surface area contributed by atoms with Crippen molar-refractivity contribution in [3.63, 3.8) is 0 Å². The van der Waals surface area contributed by atoms with E-state index in [2.05, 4.69) is 0 Å². The van der Waals surface area contributed by atoms with Crippen LogP contribution < -0.4 is 5.73 Å². The Morgan fingerprint density at radius 3 is 2.58 bits per heavy atom. The van der Waals surface area contributed by atoms with Gasteiger partial charge in [0.05, 0.1) is 26.4 Å². The van der Waals surface area contributed by atoms with Crippen molar-refractivity contribution >= 4 is 11.8 Å². The lowest BCUT2D eigenvalue weighted by atomic mass is 10.2. The van der Waals surface area contributed by atoms with Crippen LogP contribution in [-0.2, 0) is 23.8 Å². The van der Waals surface area contributed by atoms with Gasteiger partial charge in [0.15, 0.2) is 0 Å². The monoisotopic (exact) mass is 274 g/mol. The first-order valence-corrected chi connectivity index (χ1v) is 6.40. The van der Waals surface area contributed by atoms with Crippen LogP contribution in [0.25, 0.3) is 0 Å². The Hall–Kier alpha value is -1.18. The quantitative estimate of drug-likeness (QED) is 0.553. The predicted octanol–water partition coefficient (Wildman–Crippen LogP) is -0.858. The van der Waals surface area contributed by atoms with E-state index < -0.39 is 11.9 Å². The van der Waals surface area contributed by atoms with Gasteiger partial charge >= 0.3 is 0 Å². The highest BCUT2D eigenvalue weighted by atomic mass is 16.5. The van der Waals surface area contributed by atoms with Gasteiger partial charge in [-0.2, -0.15) is 0 Å². The van der Waals surface area contributed by atoms with Gasteiger partial charge in [0.1, 0.15) is 12.6 Å². The zero-order valence-electron chi connectivity index (χ0n) is 11.3. The zero-order valence-corrected chi connectivity index (χ0v) is 11.3. The molecule has 0 aromatic rings. The molecular weight excluding hydrogens is 252 g/mol. The van der Waals surface area contributed by atoms with Gasteiger partial charge in [-0.25, -0.2) is 0 Å². The molecule has 1 saturated heterocycles. The number of ether oxygens (including phenoxy) is 3. The lowest BCUT2D eigenvalue weighted by Gasteiger charge is -2.21. The van der Waals surface area contributed by atoms with Crippen LogP contribution in [0.2, 0.25) is 0 Å². The Morgan fingerprint density at radius 1 is 1.21 bits per heavy atom. The third kappa shape index (κ3) is 5.54. The molecule has 2 amide bonds. The summed E-state index contributed by atoms with van der Waals surface area (Å²) in [5.74, 6) is -0.646. The van der Waals surface area contributed by atoms with Crippen molar-refractivity contribution in [3.05, 3.63) is 0 Å². The van der Waals surface area contributed by atoms with Crippen LogP contribution in [0.4, 0.5) is 0 Å². The number of amides is 2. The van der Waals surface area contributed by atoms with E-state index in [1.54, 1.807) is 7.11 Å². The molecule has 1 heterocycles. The van der Waals surface area contributed by atoms with Crippen molar-refractivity contribution in [1.29, 1.82) is 0 Å². The highest BCUT2D eigenvalue weighted by Gasteiger charge is 2.32. The van der Waals surface area contributed by atoms with Crippen molar-refractivity contribution in [3.8, 4) is 0 Å². The Bertz CT molecular complexity index is 298. The Balaban J connectivity index is 2.12. The summed E-state index contributed by atoms with van der Waals surface area (Å²) in [6, 6.07) is -0.478. The summed E-state index contributed by atoms with van der Waals surface area (Å²) in [6.45, 7) is 2.31. The largest absolute Gasteiger partial charge is 0.382 e. The smallest absolute Gasteiger partial charge is 0.249 e. The molecule has 1 rings (SSSR count). The van der Waals surface area contributed by atoms with E-state index in [4.69, 9.17) is 19.9 Å². The standard InChI is InChI=1S/C12H22N2O5/c1-17-5-6-18-7-8-19-9-11(15)14-4-2-3-10(14)12(13)16/h10H,2-9H2,1H3,(H2,13,16). The zero-order chi connectivity index (χ0) is 14.1. The summed E-state index contributed by atoms with van der Waals surface area (Å²) in [5.41, 5.74) is 5.24. The maximum Gasteiger partial charge on any atom is 0.249 e. The number of primary amides is 1. The molecule has 2 N–H and O–H groups in total. The second-order valence-electron chi connectivity index (χ2n) is 4.31. The maximum atomic E-state index is 11.8. The van der Waals surface area contributed by atoms with Crippen LogP contribution >= 0.6 is 0 Å². The fourth-order valence-electron chi connectivity index (χ4n) is 1.97. The SMILES string of the molecule is COCCOCCOCC(=O)N1CCCC1C(N)=O. The fourth-order valence-corrected chi connectivity index (χ4v) is 1.97. The number of nitrogens with two attached hydrogens (primary N) is 1. The van der Waals surface area contributed by atoms with E-state index in [9.17, 15) is 9.59 Å². The minimum atomic E-state index is -0.478. The summed E-state index contributed by atoms with van der Waals surface area (Å²) in [4.78, 5) is 24.5. The van der Waals surface area contributed by atoms with E-state index in [1.807, 2.05) is 0 Å². The third-order valence-corrected chi connectivity index (χ3v) is 2.93. The van der Waals surface area contributed by atoms with Gasteiger partial charge in [-0.05, 0) is 12.8 Å². The molecule has 0 spiro atoms. The van der Waals surface area contributed by atoms with Crippen LogP contribution in [0.1, 0.15) is 12.8 Å². The van der Waals surface area contributed by atoms with Crippen molar-refractivity contribution in [2.45, 2.75) is 18.9 Å². The van der Waals surface area contributed by atoms with Gasteiger partial charge in [-0.1, -0.05) is 0 Å². The molecule has 1 atom stereocenters. The predicted molar refractivity (Wildman–Crippen MR) is 67.4 cm³/mol. The molecule has 0 aromatic heterocycles. The number of rotatable bonds is 9. The molecule has 0 saturated carbocycles. The molecule has 0 radical (unpaired) electrons. The fraction of sp³-hybridized carbons (Fsp3) is 0.833. The van der Waals surface area contributed by atoms with Gasteiger partial charge in [0.2, 0.25) is 11.8 Å². The molecular formula is C12H22N2O5. The molecule has 19 heavy (non-hydrogen) atoms. The van der Waals surface area contributed by atoms with Crippen LogP contribution in [0.5, 0.6) is 0 Å². The molecule has 1 aliphatic rings. The van der Waals surface area contributed by atoms with E-state index in [-0.39, 0.29) is 12.5 Å². The number of likely N-dealkylation sites (tertiary alicyclic amines) is 1. The number of carbonyl (C=O) groups excluding carboxylic acids is 2. The van der Waals surface area contributed by atoms with Crippen molar-refractivity contribution < 1.29 is 23.8 Å². The highest BCUT2D eigenvalue weighted by Crippen LogP contribution is 2.16. The highest BCUT2D eigenvalue weighted by molar-refractivity contribution is 5.87. The van der Waals surface area contributed by atoms with Crippen LogP contribution in [-0.4, -0.2) is 69.4 Å². The first-order chi connectivity index (χ1) is 9.16. The van der Waals surface area contributed by atoms with Crippen molar-refractivity contribution in [1.82, 2.24) is 4.90 Å². The molecule has 1 aliphatic heterocycles. The van der Waals surface area contributed by atoms with Gasteiger partial charge in [-0.3, -0.25) is 9.59 Å². The lowest BCUT2D eigenvalue weighted by Crippen LogP contribution is -2.45. The summed E-state index contributed by atoms with van der Waals surface area (Å²) >= 11 is 0. The average Bonchev–Trinajstić information content (AvgIpc) is 2.87. The summed E-state index contributed by atoms with van der Waals surface area (Å²) in [5, 5.41) is 0. The summed E-state index contributed by atoms with van der Waals surface area (Å²) in [6.07, 6.45) is 1.45. The number of methoxy groups -OCH3 is 1. The second kappa shape index (κ2) is 8.84. The van der Waals surface area contributed by atoms with Crippen molar-refractivity contribution in [2.75, 3.05) is 46.7 Å². The maximum absolute atomic E-state index is 11.8. The Morgan fingerprint density at radius 2 is 1.89 bits per heavy atom. The molecule has 7 nitrogen and oxygen atoms in total. The molecule has 0 bridgehead atoms. The van der Waals surface area contributed by atoms with E-state index in [0.29, 0.717) is 39.4 Å². The molecule has 7 heteroatoms. The minimum Gasteiger partial charge on any atom is -0.382 e. The molecule has 0 aromatic carbocycles. The number of hydrogen-bond acceptors (Lipinski definition) is 5. The van der Waals surface area contributed by atoms with Crippen molar-refractivity contribution in [2.24, 2.45) is 5.73 Å². The first-order valence-electron chi connectivity index (χ1n) is 6.40. The average molecular weight is 274 g/mol. The molecule has 1 unspecified atom stereocenters. The molecule has 0 aliphatic carbocycles.